The molecule has 0 aliphatic heterocycles. The van der Waals surface area contributed by atoms with Gasteiger partial charge in [0.2, 0.25) is 0 Å². The van der Waals surface area contributed by atoms with Gasteiger partial charge in [-0.25, -0.2) is 5.06 Å². The predicted octanol–water partition coefficient (Wildman–Crippen LogP) is 4.03. The summed E-state index contributed by atoms with van der Waals surface area (Å²) < 4.78 is 0. The first-order valence-corrected chi connectivity index (χ1v) is 6.34. The van der Waals surface area contributed by atoms with Gasteiger partial charge < -0.3 is 0 Å². The van der Waals surface area contributed by atoms with Gasteiger partial charge in [0.1, 0.15) is 0 Å². The van der Waals surface area contributed by atoms with Crippen molar-refractivity contribution >= 4 is 29.1 Å². The molecule has 0 unspecified atom stereocenters. The number of carbonyl (C=O) groups is 1. The molecule has 0 aromatic heterocycles. The molecule has 0 saturated heterocycles. The summed E-state index contributed by atoms with van der Waals surface area (Å²) in [5, 5.41) is 11.2. The van der Waals surface area contributed by atoms with Gasteiger partial charge in [-0.15, -0.1) is 0 Å². The van der Waals surface area contributed by atoms with E-state index in [1.807, 2.05) is 0 Å². The van der Waals surface area contributed by atoms with Gasteiger partial charge in [0.15, 0.2) is 0 Å². The molecule has 0 aliphatic rings. The van der Waals surface area contributed by atoms with Crippen molar-refractivity contribution in [3.63, 3.8) is 0 Å². The summed E-state index contributed by atoms with van der Waals surface area (Å²) >= 11 is 11.9. The van der Waals surface area contributed by atoms with Gasteiger partial charge in [-0.05, 0) is 23.8 Å². The van der Waals surface area contributed by atoms with Crippen molar-refractivity contribution in [2.75, 3.05) is 0 Å². The Morgan fingerprint density at radius 2 is 1.58 bits per heavy atom. The Morgan fingerprint density at radius 3 is 2.21 bits per heavy atom. The van der Waals surface area contributed by atoms with Crippen LogP contribution in [0.3, 0.4) is 0 Å². The van der Waals surface area contributed by atoms with Crippen molar-refractivity contribution in [3.05, 3.63) is 69.7 Å². The second-order valence-corrected chi connectivity index (χ2v) is 4.75. The van der Waals surface area contributed by atoms with Gasteiger partial charge in [-0.3, -0.25) is 10.0 Å². The Labute approximate surface area is 120 Å². The van der Waals surface area contributed by atoms with Crippen molar-refractivity contribution < 1.29 is 10.0 Å². The normalized spacial score (nSPS) is 10.3. The van der Waals surface area contributed by atoms with Gasteiger partial charge in [0.05, 0.1) is 17.1 Å². The summed E-state index contributed by atoms with van der Waals surface area (Å²) in [6.07, 6.45) is 0. The van der Waals surface area contributed by atoms with Crippen LogP contribution in [0.1, 0.15) is 15.9 Å². The van der Waals surface area contributed by atoms with E-state index in [1.165, 1.54) is 0 Å². The Kier molecular flexibility index (Phi) is 4.43. The second kappa shape index (κ2) is 6.06. The van der Waals surface area contributed by atoms with E-state index < -0.39 is 5.91 Å². The average Bonchev–Trinajstić information content (AvgIpc) is 2.41. The first-order valence-electron chi connectivity index (χ1n) is 5.58. The molecule has 1 amide bonds. The minimum Gasteiger partial charge on any atom is -0.285 e. The number of amides is 1. The molecule has 19 heavy (non-hydrogen) atoms. The third-order valence-electron chi connectivity index (χ3n) is 2.62. The largest absolute Gasteiger partial charge is 0.285 e. The van der Waals surface area contributed by atoms with Crippen LogP contribution in [0.5, 0.6) is 0 Å². The molecule has 0 spiro atoms. The highest BCUT2D eigenvalue weighted by atomic mass is 35.5. The lowest BCUT2D eigenvalue weighted by molar-refractivity contribution is -0.0647. The molecular formula is C14H11Cl2NO2. The molecule has 0 aliphatic carbocycles. The quantitative estimate of drug-likeness (QED) is 0.686. The number of halogens is 2. The van der Waals surface area contributed by atoms with Crippen LogP contribution in [0.15, 0.2) is 48.5 Å². The van der Waals surface area contributed by atoms with Crippen LogP contribution in [-0.4, -0.2) is 16.2 Å². The van der Waals surface area contributed by atoms with E-state index in [4.69, 9.17) is 23.2 Å². The summed E-state index contributed by atoms with van der Waals surface area (Å²) in [6.45, 7) is 0.00370. The van der Waals surface area contributed by atoms with Crippen LogP contribution in [0.2, 0.25) is 10.0 Å². The van der Waals surface area contributed by atoms with Crippen molar-refractivity contribution in [1.29, 1.82) is 0 Å². The van der Waals surface area contributed by atoms with Gasteiger partial charge in [0.25, 0.3) is 5.91 Å². The molecule has 0 heterocycles. The topological polar surface area (TPSA) is 40.5 Å². The molecule has 2 aromatic rings. The minimum atomic E-state index is -0.564. The lowest BCUT2D eigenvalue weighted by Crippen LogP contribution is -2.27. The third kappa shape index (κ3) is 3.26. The monoisotopic (exact) mass is 295 g/mol. The predicted molar refractivity (Wildman–Crippen MR) is 74.6 cm³/mol. The van der Waals surface area contributed by atoms with Crippen LogP contribution >= 0.6 is 23.2 Å². The van der Waals surface area contributed by atoms with Crippen molar-refractivity contribution in [2.24, 2.45) is 0 Å². The number of nitrogens with zero attached hydrogens (tertiary/aromatic N) is 1. The summed E-state index contributed by atoms with van der Waals surface area (Å²) in [5.41, 5.74) is 0.908. The number of rotatable bonds is 3. The highest BCUT2D eigenvalue weighted by molar-refractivity contribution is 6.33. The molecule has 98 valence electrons. The molecule has 3 nitrogen and oxygen atoms in total. The lowest BCUT2D eigenvalue weighted by atomic mass is 10.2. The highest BCUT2D eigenvalue weighted by Crippen LogP contribution is 2.20. The second-order valence-electron chi connectivity index (χ2n) is 3.93. The molecule has 0 bridgehead atoms. The van der Waals surface area contributed by atoms with E-state index in [0.717, 1.165) is 0 Å². The van der Waals surface area contributed by atoms with Crippen molar-refractivity contribution in [2.45, 2.75) is 6.54 Å². The maximum atomic E-state index is 12.0. The Morgan fingerprint density at radius 1 is 1.00 bits per heavy atom. The fourth-order valence-corrected chi connectivity index (χ4v) is 2.05. The van der Waals surface area contributed by atoms with E-state index in [2.05, 4.69) is 0 Å². The molecule has 1 N–H and O–H groups in total. The molecule has 0 radical (unpaired) electrons. The van der Waals surface area contributed by atoms with Crippen LogP contribution in [0.4, 0.5) is 0 Å². The van der Waals surface area contributed by atoms with E-state index >= 15 is 0 Å². The Hall–Kier alpha value is -1.55. The summed E-state index contributed by atoms with van der Waals surface area (Å²) in [4.78, 5) is 12.0. The SMILES string of the molecule is O=C(c1ccccc1Cl)N(O)Cc1ccccc1Cl. The van der Waals surface area contributed by atoms with Crippen LogP contribution in [0.25, 0.3) is 0 Å². The van der Waals surface area contributed by atoms with Gasteiger partial charge in [-0.2, -0.15) is 0 Å². The first kappa shape index (κ1) is 13.9. The van der Waals surface area contributed by atoms with E-state index in [0.29, 0.717) is 20.7 Å². The zero-order chi connectivity index (χ0) is 13.8. The number of hydrogen-bond donors (Lipinski definition) is 1. The third-order valence-corrected chi connectivity index (χ3v) is 3.31. The number of carbonyl (C=O) groups excluding carboxylic acids is 1. The molecule has 0 atom stereocenters. The standard InChI is InChI=1S/C14H11Cl2NO2/c15-12-7-3-1-5-10(12)9-17(19)14(18)11-6-2-4-8-13(11)16/h1-8,19H,9H2. The first-order chi connectivity index (χ1) is 9.09. The van der Waals surface area contributed by atoms with E-state index in [-0.39, 0.29) is 12.1 Å². The number of hydrogen-bond acceptors (Lipinski definition) is 2. The minimum absolute atomic E-state index is 0.00370. The zero-order valence-electron chi connectivity index (χ0n) is 9.88. The van der Waals surface area contributed by atoms with Gasteiger partial charge >= 0.3 is 0 Å². The molecule has 2 aromatic carbocycles. The molecule has 0 saturated carbocycles. The lowest BCUT2D eigenvalue weighted by Gasteiger charge is -2.16. The van der Waals surface area contributed by atoms with Crippen LogP contribution < -0.4 is 0 Å². The van der Waals surface area contributed by atoms with Crippen LogP contribution in [0, 0.1) is 0 Å². The molecule has 0 fully saturated rings. The maximum absolute atomic E-state index is 12.0. The summed E-state index contributed by atoms with van der Waals surface area (Å²) in [5.74, 6) is -0.564. The molecule has 5 heteroatoms. The number of hydroxylamine groups is 2. The highest BCUT2D eigenvalue weighted by Gasteiger charge is 2.17. The average molecular weight is 296 g/mol. The Bertz CT molecular complexity index is 602. The summed E-state index contributed by atoms with van der Waals surface area (Å²) in [7, 11) is 0. The maximum Gasteiger partial charge on any atom is 0.279 e. The number of benzene rings is 2. The smallest absolute Gasteiger partial charge is 0.279 e. The molecular weight excluding hydrogens is 285 g/mol. The van der Waals surface area contributed by atoms with Gasteiger partial charge in [0, 0.05) is 5.02 Å². The Balaban J connectivity index is 2.17. The fraction of sp³-hybridized carbons (Fsp3) is 0.0714. The fourth-order valence-electron chi connectivity index (χ4n) is 1.63. The van der Waals surface area contributed by atoms with E-state index in [9.17, 15) is 10.0 Å². The van der Waals surface area contributed by atoms with Crippen LogP contribution in [-0.2, 0) is 6.54 Å². The molecule has 2 rings (SSSR count). The van der Waals surface area contributed by atoms with Crippen molar-refractivity contribution in [1.82, 2.24) is 5.06 Å². The summed E-state index contributed by atoms with van der Waals surface area (Å²) in [6, 6.07) is 13.6. The van der Waals surface area contributed by atoms with E-state index in [1.54, 1.807) is 48.5 Å². The van der Waals surface area contributed by atoms with Crippen molar-refractivity contribution in [3.8, 4) is 0 Å². The zero-order valence-corrected chi connectivity index (χ0v) is 11.4. The van der Waals surface area contributed by atoms with Gasteiger partial charge in [-0.1, -0.05) is 53.5 Å².